The fourth-order valence-corrected chi connectivity index (χ4v) is 2.25. The normalized spacial score (nSPS) is 10.3. The Kier molecular flexibility index (Phi) is 4.01. The Bertz CT molecular complexity index is 554. The number of ketones is 1. The Morgan fingerprint density at radius 3 is 3.06 bits per heavy atom. The van der Waals surface area contributed by atoms with Crippen molar-refractivity contribution in [1.82, 2.24) is 9.97 Å². The van der Waals surface area contributed by atoms with Crippen LogP contribution in [0.1, 0.15) is 21.1 Å². The molecule has 0 bridgehead atoms. The van der Waals surface area contributed by atoms with Crippen molar-refractivity contribution in [2.75, 3.05) is 13.7 Å². The highest BCUT2D eigenvalue weighted by Crippen LogP contribution is 2.17. The van der Waals surface area contributed by atoms with E-state index in [1.54, 1.807) is 17.6 Å². The number of thiazole rings is 1. The van der Waals surface area contributed by atoms with Gasteiger partial charge in [0.1, 0.15) is 11.4 Å². The van der Waals surface area contributed by atoms with Crippen molar-refractivity contribution in [2.24, 2.45) is 5.73 Å². The zero-order valence-corrected chi connectivity index (χ0v) is 10.7. The van der Waals surface area contributed by atoms with Crippen LogP contribution in [0.4, 0.5) is 0 Å². The predicted octanol–water partition coefficient (Wildman–Crippen LogP) is 1.28. The molecular formula is C12H13N3O2S. The standard InChI is InChI=1S/C12H13N3O2S/c1-17-9-4-8(5-14-6-9)12(16)10-7-18-11(15-10)2-3-13/h4-7H,2-3,13H2,1H3. The second-order valence-electron chi connectivity index (χ2n) is 3.61. The molecular weight excluding hydrogens is 250 g/mol. The number of carbonyl (C=O) groups is 1. The van der Waals surface area contributed by atoms with Gasteiger partial charge in [0.05, 0.1) is 18.3 Å². The Morgan fingerprint density at radius 2 is 2.33 bits per heavy atom. The summed E-state index contributed by atoms with van der Waals surface area (Å²) >= 11 is 1.44. The maximum atomic E-state index is 12.1. The van der Waals surface area contributed by atoms with Crippen LogP contribution in [0.5, 0.6) is 5.75 Å². The highest BCUT2D eigenvalue weighted by atomic mass is 32.1. The lowest BCUT2D eigenvalue weighted by atomic mass is 10.1. The van der Waals surface area contributed by atoms with Crippen molar-refractivity contribution in [2.45, 2.75) is 6.42 Å². The second kappa shape index (κ2) is 5.70. The Balaban J connectivity index is 2.23. The molecule has 0 aromatic carbocycles. The molecule has 5 nitrogen and oxygen atoms in total. The molecule has 0 atom stereocenters. The number of hydrogen-bond donors (Lipinski definition) is 1. The van der Waals surface area contributed by atoms with Gasteiger partial charge in [-0.05, 0) is 12.6 Å². The van der Waals surface area contributed by atoms with Gasteiger partial charge in [0.2, 0.25) is 5.78 Å². The average Bonchev–Trinajstić information content (AvgIpc) is 2.87. The van der Waals surface area contributed by atoms with E-state index >= 15 is 0 Å². The molecule has 0 saturated carbocycles. The molecule has 6 heteroatoms. The maximum absolute atomic E-state index is 12.1. The molecule has 2 N–H and O–H groups in total. The van der Waals surface area contributed by atoms with Gasteiger partial charge < -0.3 is 10.5 Å². The summed E-state index contributed by atoms with van der Waals surface area (Å²) in [6.45, 7) is 0.530. The minimum atomic E-state index is -0.152. The SMILES string of the molecule is COc1cncc(C(=O)c2csc(CCN)n2)c1. The summed E-state index contributed by atoms with van der Waals surface area (Å²) in [5, 5.41) is 2.61. The summed E-state index contributed by atoms with van der Waals surface area (Å²) in [5.74, 6) is 0.402. The number of methoxy groups -OCH3 is 1. The Morgan fingerprint density at radius 1 is 1.50 bits per heavy atom. The van der Waals surface area contributed by atoms with Gasteiger partial charge in [-0.15, -0.1) is 11.3 Å². The highest BCUT2D eigenvalue weighted by molar-refractivity contribution is 7.09. The van der Waals surface area contributed by atoms with Gasteiger partial charge >= 0.3 is 0 Å². The Labute approximate surface area is 109 Å². The van der Waals surface area contributed by atoms with Crippen molar-refractivity contribution < 1.29 is 9.53 Å². The van der Waals surface area contributed by atoms with Crippen LogP contribution < -0.4 is 10.5 Å². The zero-order valence-electron chi connectivity index (χ0n) is 9.92. The van der Waals surface area contributed by atoms with Crippen LogP contribution in [0.3, 0.4) is 0 Å². The second-order valence-corrected chi connectivity index (χ2v) is 4.55. The first-order chi connectivity index (χ1) is 8.74. The molecule has 2 aromatic heterocycles. The number of aromatic nitrogens is 2. The van der Waals surface area contributed by atoms with Gasteiger partial charge in [-0.1, -0.05) is 0 Å². The molecule has 0 saturated heterocycles. The molecule has 0 unspecified atom stereocenters. The van der Waals surface area contributed by atoms with Crippen molar-refractivity contribution >= 4 is 17.1 Å². The van der Waals surface area contributed by atoms with Crippen molar-refractivity contribution in [3.8, 4) is 5.75 Å². The van der Waals surface area contributed by atoms with Gasteiger partial charge in [-0.2, -0.15) is 0 Å². The average molecular weight is 263 g/mol. The van der Waals surface area contributed by atoms with Crippen LogP contribution in [0.15, 0.2) is 23.8 Å². The molecule has 0 fully saturated rings. The van der Waals surface area contributed by atoms with Crippen LogP contribution in [0.25, 0.3) is 0 Å². The van der Waals surface area contributed by atoms with Crippen LogP contribution >= 0.6 is 11.3 Å². The predicted molar refractivity (Wildman–Crippen MR) is 69.1 cm³/mol. The smallest absolute Gasteiger partial charge is 0.213 e. The fourth-order valence-electron chi connectivity index (χ4n) is 1.46. The number of ether oxygens (including phenoxy) is 1. The van der Waals surface area contributed by atoms with E-state index in [9.17, 15) is 4.79 Å². The van der Waals surface area contributed by atoms with Crippen LogP contribution in [0.2, 0.25) is 0 Å². The minimum Gasteiger partial charge on any atom is -0.495 e. The molecule has 2 heterocycles. The molecule has 18 heavy (non-hydrogen) atoms. The van der Waals surface area contributed by atoms with Gasteiger partial charge in [-0.3, -0.25) is 9.78 Å². The molecule has 0 spiro atoms. The molecule has 94 valence electrons. The first kappa shape index (κ1) is 12.7. The van der Waals surface area contributed by atoms with E-state index in [1.807, 2.05) is 0 Å². The first-order valence-electron chi connectivity index (χ1n) is 5.43. The minimum absolute atomic E-state index is 0.152. The van der Waals surface area contributed by atoms with Gasteiger partial charge in [0, 0.05) is 23.6 Å². The monoisotopic (exact) mass is 263 g/mol. The largest absolute Gasteiger partial charge is 0.495 e. The molecule has 0 aliphatic rings. The molecule has 0 aliphatic heterocycles. The molecule has 0 amide bonds. The van der Waals surface area contributed by atoms with E-state index in [4.69, 9.17) is 10.5 Å². The summed E-state index contributed by atoms with van der Waals surface area (Å²) in [5.41, 5.74) is 6.35. The van der Waals surface area contributed by atoms with E-state index in [2.05, 4.69) is 9.97 Å². The Hall–Kier alpha value is -1.79. The summed E-state index contributed by atoms with van der Waals surface area (Å²) in [6.07, 6.45) is 3.75. The summed E-state index contributed by atoms with van der Waals surface area (Å²) < 4.78 is 5.04. The summed E-state index contributed by atoms with van der Waals surface area (Å²) in [6, 6.07) is 1.65. The number of hydrogen-bond acceptors (Lipinski definition) is 6. The van der Waals surface area contributed by atoms with Gasteiger partial charge in [0.25, 0.3) is 0 Å². The van der Waals surface area contributed by atoms with Crippen molar-refractivity contribution in [3.05, 3.63) is 40.1 Å². The van der Waals surface area contributed by atoms with Gasteiger partial charge in [-0.25, -0.2) is 4.98 Å². The number of carbonyl (C=O) groups excluding carboxylic acids is 1. The van der Waals surface area contributed by atoms with E-state index in [0.29, 0.717) is 30.0 Å². The van der Waals surface area contributed by atoms with E-state index in [-0.39, 0.29) is 5.78 Å². The molecule has 0 aliphatic carbocycles. The number of nitrogens with zero attached hydrogens (tertiary/aromatic N) is 2. The lowest BCUT2D eigenvalue weighted by molar-refractivity contribution is 0.103. The molecule has 2 rings (SSSR count). The van der Waals surface area contributed by atoms with Crippen LogP contribution in [-0.2, 0) is 6.42 Å². The van der Waals surface area contributed by atoms with Crippen LogP contribution in [-0.4, -0.2) is 29.4 Å². The lowest BCUT2D eigenvalue weighted by Gasteiger charge is -2.01. The van der Waals surface area contributed by atoms with E-state index < -0.39 is 0 Å². The third-order valence-electron chi connectivity index (χ3n) is 2.35. The lowest BCUT2D eigenvalue weighted by Crippen LogP contribution is -2.05. The number of rotatable bonds is 5. The quantitative estimate of drug-likeness (QED) is 0.822. The van der Waals surface area contributed by atoms with Gasteiger partial charge in [0.15, 0.2) is 0 Å². The maximum Gasteiger partial charge on any atom is 0.213 e. The van der Waals surface area contributed by atoms with Crippen molar-refractivity contribution in [3.63, 3.8) is 0 Å². The number of pyridine rings is 1. The summed E-state index contributed by atoms with van der Waals surface area (Å²) in [4.78, 5) is 20.4. The third-order valence-corrected chi connectivity index (χ3v) is 3.26. The van der Waals surface area contributed by atoms with E-state index in [1.165, 1.54) is 24.6 Å². The first-order valence-corrected chi connectivity index (χ1v) is 6.30. The fraction of sp³-hybridized carbons (Fsp3) is 0.250. The zero-order chi connectivity index (χ0) is 13.0. The van der Waals surface area contributed by atoms with Crippen LogP contribution in [0, 0.1) is 0 Å². The molecule has 2 aromatic rings. The topological polar surface area (TPSA) is 78.1 Å². The third kappa shape index (κ3) is 2.72. The number of nitrogens with two attached hydrogens (primary N) is 1. The highest BCUT2D eigenvalue weighted by Gasteiger charge is 2.14. The van der Waals surface area contributed by atoms with E-state index in [0.717, 1.165) is 5.01 Å². The van der Waals surface area contributed by atoms with Crippen molar-refractivity contribution in [1.29, 1.82) is 0 Å². The summed E-state index contributed by atoms with van der Waals surface area (Å²) in [7, 11) is 1.54. The molecule has 0 radical (unpaired) electrons.